The molecule has 0 saturated heterocycles. The molecule has 0 aliphatic heterocycles. The molecule has 1 aromatic heterocycles. The number of nitrogens with two attached hydrogens (primary N) is 1. The van der Waals surface area contributed by atoms with Gasteiger partial charge in [-0.25, -0.2) is 14.3 Å². The molecule has 2 N–H and O–H groups in total. The van der Waals surface area contributed by atoms with Crippen LogP contribution in [0.2, 0.25) is 0 Å². The van der Waals surface area contributed by atoms with E-state index in [1.54, 1.807) is 41.5 Å². The van der Waals surface area contributed by atoms with E-state index in [4.69, 9.17) is 15.2 Å². The molecule has 0 bridgehead atoms. The fraction of sp³-hybridized carbons (Fsp3) is 0.667. The molecule has 8 heteroatoms. The van der Waals surface area contributed by atoms with Crippen molar-refractivity contribution in [1.82, 2.24) is 9.55 Å². The Balaban J connectivity index is 0.00000484. The second-order valence-electron chi connectivity index (χ2n) is 7.10. The average molecular weight is 348 g/mol. The van der Waals surface area contributed by atoms with E-state index in [1.165, 1.54) is 17.1 Å². The maximum atomic E-state index is 11.9. The first-order valence-electron chi connectivity index (χ1n) is 7.12. The van der Waals surface area contributed by atoms with Crippen LogP contribution in [-0.2, 0) is 20.7 Å². The highest BCUT2D eigenvalue weighted by Crippen LogP contribution is 2.11. The van der Waals surface area contributed by atoms with Gasteiger partial charge < -0.3 is 15.2 Å². The zero-order valence-corrected chi connectivity index (χ0v) is 15.3. The standard InChI is InChI=1S/C15H25N3O4.ClH/c1-14(2,3)21-12(19)11(16)7-10-8-18(9-17-10)13(20)22-15(4,5)6;/h8-9,11H,7,16H2,1-6H3;1H/t11-;/m0./s1. The third-order valence-electron chi connectivity index (χ3n) is 2.38. The van der Waals surface area contributed by atoms with E-state index < -0.39 is 29.3 Å². The molecule has 0 fully saturated rings. The van der Waals surface area contributed by atoms with Crippen molar-refractivity contribution in [3.8, 4) is 0 Å². The fourth-order valence-corrected chi connectivity index (χ4v) is 1.57. The molecule has 23 heavy (non-hydrogen) atoms. The molecular weight excluding hydrogens is 322 g/mol. The summed E-state index contributed by atoms with van der Waals surface area (Å²) >= 11 is 0. The summed E-state index contributed by atoms with van der Waals surface area (Å²) in [4.78, 5) is 27.7. The highest BCUT2D eigenvalue weighted by Gasteiger charge is 2.24. The number of halogens is 1. The minimum absolute atomic E-state index is 0. The van der Waals surface area contributed by atoms with Crippen LogP contribution in [0.1, 0.15) is 47.2 Å². The van der Waals surface area contributed by atoms with Crippen molar-refractivity contribution in [2.45, 2.75) is 65.2 Å². The summed E-state index contributed by atoms with van der Waals surface area (Å²) in [6.45, 7) is 10.7. The van der Waals surface area contributed by atoms with Gasteiger partial charge in [-0.05, 0) is 41.5 Å². The van der Waals surface area contributed by atoms with Crippen LogP contribution >= 0.6 is 12.4 Å². The minimum atomic E-state index is -0.832. The molecule has 1 atom stereocenters. The zero-order valence-electron chi connectivity index (χ0n) is 14.5. The maximum Gasteiger partial charge on any atom is 0.419 e. The molecule has 132 valence electrons. The van der Waals surface area contributed by atoms with Gasteiger partial charge in [-0.3, -0.25) is 4.79 Å². The Kier molecular flexibility index (Phi) is 7.25. The molecule has 0 radical (unpaired) electrons. The number of hydrogen-bond donors (Lipinski definition) is 1. The molecule has 1 aromatic rings. The van der Waals surface area contributed by atoms with Crippen molar-refractivity contribution in [3.05, 3.63) is 18.2 Å². The first-order valence-corrected chi connectivity index (χ1v) is 7.12. The summed E-state index contributed by atoms with van der Waals surface area (Å²) in [5.41, 5.74) is 5.14. The lowest BCUT2D eigenvalue weighted by Crippen LogP contribution is -2.38. The van der Waals surface area contributed by atoms with Gasteiger partial charge in [-0.15, -0.1) is 12.4 Å². The fourth-order valence-electron chi connectivity index (χ4n) is 1.57. The molecule has 1 rings (SSSR count). The molecule has 0 unspecified atom stereocenters. The van der Waals surface area contributed by atoms with Crippen LogP contribution in [0.5, 0.6) is 0 Å². The lowest BCUT2D eigenvalue weighted by atomic mass is 10.1. The summed E-state index contributed by atoms with van der Waals surface area (Å²) in [6, 6.07) is -0.832. The van der Waals surface area contributed by atoms with Gasteiger partial charge in [0.25, 0.3) is 0 Å². The molecule has 0 aliphatic rings. The van der Waals surface area contributed by atoms with Crippen LogP contribution in [-0.4, -0.2) is 38.9 Å². The predicted molar refractivity (Wildman–Crippen MR) is 88.6 cm³/mol. The molecule has 0 saturated carbocycles. The number of carbonyl (C=O) groups excluding carboxylic acids is 2. The number of imidazole rings is 1. The van der Waals surface area contributed by atoms with Crippen LogP contribution in [0.3, 0.4) is 0 Å². The van der Waals surface area contributed by atoms with E-state index in [2.05, 4.69) is 4.98 Å². The number of hydrogen-bond acceptors (Lipinski definition) is 6. The third kappa shape index (κ3) is 7.99. The molecule has 0 amide bonds. The van der Waals surface area contributed by atoms with Crippen LogP contribution in [0, 0.1) is 0 Å². The molecule has 0 aliphatic carbocycles. The molecule has 0 spiro atoms. The SMILES string of the molecule is CC(C)(C)OC(=O)[C@@H](N)Cc1cn(C(=O)OC(C)(C)C)cn1.Cl. The van der Waals surface area contributed by atoms with Crippen molar-refractivity contribution < 1.29 is 19.1 Å². The van der Waals surface area contributed by atoms with E-state index in [0.717, 1.165) is 0 Å². The molecule has 0 aromatic carbocycles. The van der Waals surface area contributed by atoms with Gasteiger partial charge in [0.15, 0.2) is 0 Å². The van der Waals surface area contributed by atoms with Crippen molar-refractivity contribution in [2.24, 2.45) is 5.73 Å². The Bertz CT molecular complexity index is 544. The summed E-state index contributed by atoms with van der Waals surface area (Å²) in [7, 11) is 0. The number of carbonyl (C=O) groups is 2. The highest BCUT2D eigenvalue weighted by atomic mass is 35.5. The molecular formula is C15H26ClN3O4. The average Bonchev–Trinajstić information content (AvgIpc) is 2.72. The highest BCUT2D eigenvalue weighted by molar-refractivity contribution is 5.85. The van der Waals surface area contributed by atoms with Gasteiger partial charge in [0, 0.05) is 12.6 Å². The summed E-state index contributed by atoms with van der Waals surface area (Å²) in [6.07, 6.45) is 2.49. The smallest absolute Gasteiger partial charge is 0.419 e. The Hall–Kier alpha value is -1.60. The summed E-state index contributed by atoms with van der Waals surface area (Å²) in [5.74, 6) is -0.501. The second kappa shape index (κ2) is 7.79. The first kappa shape index (κ1) is 21.4. The quantitative estimate of drug-likeness (QED) is 0.843. The Morgan fingerprint density at radius 1 is 1.17 bits per heavy atom. The predicted octanol–water partition coefficient (Wildman–Crippen LogP) is 2.30. The van der Waals surface area contributed by atoms with Gasteiger partial charge >= 0.3 is 12.1 Å². The van der Waals surface area contributed by atoms with E-state index in [9.17, 15) is 9.59 Å². The van der Waals surface area contributed by atoms with Gasteiger partial charge in [0.2, 0.25) is 0 Å². The number of esters is 1. The first-order chi connectivity index (χ1) is 9.87. The van der Waals surface area contributed by atoms with E-state index in [0.29, 0.717) is 5.69 Å². The molecule has 7 nitrogen and oxygen atoms in total. The van der Waals surface area contributed by atoms with Crippen molar-refractivity contribution in [1.29, 1.82) is 0 Å². The summed E-state index contributed by atoms with van der Waals surface area (Å²) in [5, 5.41) is 0. The van der Waals surface area contributed by atoms with E-state index in [-0.39, 0.29) is 18.8 Å². The van der Waals surface area contributed by atoms with Crippen molar-refractivity contribution >= 4 is 24.5 Å². The van der Waals surface area contributed by atoms with Crippen molar-refractivity contribution in [3.63, 3.8) is 0 Å². The molecule has 1 heterocycles. The van der Waals surface area contributed by atoms with Crippen LogP contribution in [0.15, 0.2) is 12.5 Å². The zero-order chi connectivity index (χ0) is 17.1. The lowest BCUT2D eigenvalue weighted by molar-refractivity contribution is -0.156. The van der Waals surface area contributed by atoms with Crippen LogP contribution in [0.25, 0.3) is 0 Å². The monoisotopic (exact) mass is 347 g/mol. The van der Waals surface area contributed by atoms with Crippen molar-refractivity contribution in [2.75, 3.05) is 0 Å². The van der Waals surface area contributed by atoms with E-state index >= 15 is 0 Å². The van der Waals surface area contributed by atoms with E-state index in [1.807, 2.05) is 0 Å². The summed E-state index contributed by atoms with van der Waals surface area (Å²) < 4.78 is 11.6. The third-order valence-corrected chi connectivity index (χ3v) is 2.38. The minimum Gasteiger partial charge on any atom is -0.459 e. The van der Waals surface area contributed by atoms with Gasteiger partial charge in [-0.2, -0.15) is 0 Å². The number of rotatable bonds is 3. The maximum absolute atomic E-state index is 11.9. The Labute approximate surface area is 142 Å². The number of ether oxygens (including phenoxy) is 2. The largest absolute Gasteiger partial charge is 0.459 e. The topological polar surface area (TPSA) is 96.4 Å². The Morgan fingerprint density at radius 3 is 2.17 bits per heavy atom. The van der Waals surface area contributed by atoms with Gasteiger partial charge in [0.1, 0.15) is 23.6 Å². The number of aromatic nitrogens is 2. The lowest BCUT2D eigenvalue weighted by Gasteiger charge is -2.21. The second-order valence-corrected chi connectivity index (χ2v) is 7.10. The van der Waals surface area contributed by atoms with Crippen LogP contribution < -0.4 is 5.73 Å². The van der Waals surface area contributed by atoms with Gasteiger partial charge in [0.05, 0.1) is 5.69 Å². The normalized spacial score (nSPS) is 13.0. The number of nitrogens with zero attached hydrogens (tertiary/aromatic N) is 2. The van der Waals surface area contributed by atoms with Crippen LogP contribution in [0.4, 0.5) is 4.79 Å². The van der Waals surface area contributed by atoms with Gasteiger partial charge in [-0.1, -0.05) is 0 Å². The Morgan fingerprint density at radius 2 is 1.70 bits per heavy atom.